The van der Waals surface area contributed by atoms with Crippen molar-refractivity contribution in [2.24, 2.45) is 0 Å². The van der Waals surface area contributed by atoms with Crippen molar-refractivity contribution >= 4 is 60.4 Å². The molecule has 6 nitrogen and oxygen atoms in total. The van der Waals surface area contributed by atoms with Crippen LogP contribution in [-0.4, -0.2) is 34.8 Å². The van der Waals surface area contributed by atoms with Crippen molar-refractivity contribution in [3.8, 4) is 5.75 Å². The Kier molecular flexibility index (Phi) is 8.32. The summed E-state index contributed by atoms with van der Waals surface area (Å²) in [5.74, 6) is 0.621. The van der Waals surface area contributed by atoms with Gasteiger partial charge in [-0.1, -0.05) is 0 Å². The SMILES string of the molecule is CCN(CC)c1ccc(/C=C(\SC)S(=O)(=O)NC)c(OCc2cc(Br)c3occc3c2)c1. The average molecular weight is 540 g/mol. The van der Waals surface area contributed by atoms with Gasteiger partial charge in [-0.05, 0) is 85.1 Å². The van der Waals surface area contributed by atoms with E-state index in [0.29, 0.717) is 17.9 Å². The zero-order valence-electron chi connectivity index (χ0n) is 18.5. The third kappa shape index (κ3) is 5.51. The van der Waals surface area contributed by atoms with E-state index in [1.807, 2.05) is 36.4 Å². The largest absolute Gasteiger partial charge is 0.488 e. The Labute approximate surface area is 202 Å². The van der Waals surface area contributed by atoms with E-state index in [1.165, 1.54) is 18.8 Å². The van der Waals surface area contributed by atoms with Crippen molar-refractivity contribution in [3.63, 3.8) is 0 Å². The van der Waals surface area contributed by atoms with Gasteiger partial charge in [-0.2, -0.15) is 0 Å². The van der Waals surface area contributed by atoms with Crippen LogP contribution in [-0.2, 0) is 16.6 Å². The second-order valence-corrected chi connectivity index (χ2v) is 10.8. The smallest absolute Gasteiger partial charge is 0.246 e. The van der Waals surface area contributed by atoms with E-state index in [9.17, 15) is 8.42 Å². The van der Waals surface area contributed by atoms with Crippen LogP contribution in [0.15, 0.2) is 55.8 Å². The van der Waals surface area contributed by atoms with Gasteiger partial charge in [0.15, 0.2) is 0 Å². The van der Waals surface area contributed by atoms with E-state index in [1.54, 1.807) is 18.6 Å². The average Bonchev–Trinajstić information content (AvgIpc) is 3.27. The van der Waals surface area contributed by atoms with Gasteiger partial charge in [0.2, 0.25) is 10.0 Å². The number of nitrogens with zero attached hydrogens (tertiary/aromatic N) is 1. The third-order valence-electron chi connectivity index (χ3n) is 5.09. The summed E-state index contributed by atoms with van der Waals surface area (Å²) in [6, 6.07) is 11.8. The number of fused-ring (bicyclic) bond motifs is 1. The minimum atomic E-state index is -3.56. The second-order valence-electron chi connectivity index (χ2n) is 6.97. The van der Waals surface area contributed by atoms with Crippen LogP contribution in [0, 0.1) is 0 Å². The molecular weight excluding hydrogens is 512 g/mol. The molecule has 172 valence electrons. The molecule has 0 bridgehead atoms. The normalized spacial score (nSPS) is 12.3. The zero-order valence-corrected chi connectivity index (χ0v) is 21.7. The Morgan fingerprint density at radius 2 is 1.97 bits per heavy atom. The number of anilines is 1. The summed E-state index contributed by atoms with van der Waals surface area (Å²) in [7, 11) is -2.15. The molecule has 0 radical (unpaired) electrons. The van der Waals surface area contributed by atoms with Crippen LogP contribution in [0.4, 0.5) is 5.69 Å². The molecule has 1 aromatic heterocycles. The number of halogens is 1. The van der Waals surface area contributed by atoms with Crippen LogP contribution in [0.25, 0.3) is 17.0 Å². The first-order valence-electron chi connectivity index (χ1n) is 10.2. The van der Waals surface area contributed by atoms with Gasteiger partial charge in [0, 0.05) is 35.8 Å². The highest BCUT2D eigenvalue weighted by atomic mass is 79.9. The van der Waals surface area contributed by atoms with Crippen LogP contribution in [0.3, 0.4) is 0 Å². The van der Waals surface area contributed by atoms with Crippen LogP contribution < -0.4 is 14.4 Å². The van der Waals surface area contributed by atoms with E-state index in [0.717, 1.165) is 39.8 Å². The minimum absolute atomic E-state index is 0.225. The van der Waals surface area contributed by atoms with Crippen molar-refractivity contribution in [2.45, 2.75) is 20.5 Å². The topological polar surface area (TPSA) is 71.8 Å². The number of hydrogen-bond acceptors (Lipinski definition) is 6. The number of benzene rings is 2. The van der Waals surface area contributed by atoms with Crippen LogP contribution >= 0.6 is 27.7 Å². The summed E-state index contributed by atoms with van der Waals surface area (Å²) < 4.78 is 39.9. The molecule has 0 aliphatic rings. The maximum Gasteiger partial charge on any atom is 0.246 e. The Hall–Kier alpha value is -1.94. The maximum atomic E-state index is 12.4. The molecule has 32 heavy (non-hydrogen) atoms. The van der Waals surface area contributed by atoms with E-state index >= 15 is 0 Å². The van der Waals surface area contributed by atoms with Crippen molar-refractivity contribution in [2.75, 3.05) is 31.3 Å². The monoisotopic (exact) mass is 538 g/mol. The van der Waals surface area contributed by atoms with Gasteiger partial charge < -0.3 is 14.1 Å². The van der Waals surface area contributed by atoms with Crippen LogP contribution in [0.5, 0.6) is 5.75 Å². The van der Waals surface area contributed by atoms with E-state index < -0.39 is 10.0 Å². The Bertz CT molecular complexity index is 1220. The lowest BCUT2D eigenvalue weighted by Crippen LogP contribution is -2.21. The fourth-order valence-electron chi connectivity index (χ4n) is 3.37. The van der Waals surface area contributed by atoms with E-state index in [-0.39, 0.29) is 4.24 Å². The highest BCUT2D eigenvalue weighted by molar-refractivity contribution is 9.10. The van der Waals surface area contributed by atoms with Gasteiger partial charge in [-0.3, -0.25) is 0 Å². The molecule has 3 rings (SSSR count). The number of sulfonamides is 1. The molecule has 0 saturated carbocycles. The fourth-order valence-corrected chi connectivity index (χ4v) is 5.84. The summed E-state index contributed by atoms with van der Waals surface area (Å²) in [5.41, 5.74) is 3.49. The third-order valence-corrected chi connectivity index (χ3v) is 8.55. The van der Waals surface area contributed by atoms with E-state index in [4.69, 9.17) is 9.15 Å². The standard InChI is InChI=1S/C23H27BrN2O4S2/c1-5-26(6-2)19-8-7-17(13-22(31-4)32(27,28)25-3)21(14-19)30-15-16-11-18-9-10-29-23(18)20(24)12-16/h7-14,25H,5-6,15H2,1-4H3/b22-13+. The predicted molar refractivity (Wildman–Crippen MR) is 138 cm³/mol. The number of rotatable bonds is 10. The number of thioether (sulfide) groups is 1. The number of ether oxygens (including phenoxy) is 1. The van der Waals surface area contributed by atoms with Crippen LogP contribution in [0.2, 0.25) is 0 Å². The molecule has 0 amide bonds. The minimum Gasteiger partial charge on any atom is -0.488 e. The highest BCUT2D eigenvalue weighted by Gasteiger charge is 2.17. The predicted octanol–water partition coefficient (Wildman–Crippen LogP) is 5.83. The number of nitrogens with one attached hydrogen (secondary N) is 1. The van der Waals surface area contributed by atoms with Gasteiger partial charge in [0.05, 0.1) is 10.7 Å². The van der Waals surface area contributed by atoms with Gasteiger partial charge in [0.25, 0.3) is 0 Å². The maximum absolute atomic E-state index is 12.4. The Morgan fingerprint density at radius 1 is 1.22 bits per heavy atom. The lowest BCUT2D eigenvalue weighted by atomic mass is 10.1. The lowest BCUT2D eigenvalue weighted by molar-refractivity contribution is 0.305. The van der Waals surface area contributed by atoms with Crippen molar-refractivity contribution in [1.82, 2.24) is 4.72 Å². The van der Waals surface area contributed by atoms with Gasteiger partial charge in [-0.25, -0.2) is 13.1 Å². The molecule has 3 aromatic rings. The first-order valence-corrected chi connectivity index (χ1v) is 13.7. The summed E-state index contributed by atoms with van der Waals surface area (Å²) in [5, 5.41) is 0.986. The lowest BCUT2D eigenvalue weighted by Gasteiger charge is -2.22. The zero-order chi connectivity index (χ0) is 23.3. The van der Waals surface area contributed by atoms with Crippen LogP contribution in [0.1, 0.15) is 25.0 Å². The molecule has 2 aromatic carbocycles. The molecule has 0 spiro atoms. The van der Waals surface area contributed by atoms with E-state index in [2.05, 4.69) is 39.4 Å². The van der Waals surface area contributed by atoms with Gasteiger partial charge in [-0.15, -0.1) is 11.8 Å². The first kappa shape index (κ1) is 24.7. The molecule has 9 heteroatoms. The molecule has 0 atom stereocenters. The molecule has 0 unspecified atom stereocenters. The molecular formula is C23H27BrN2O4S2. The van der Waals surface area contributed by atoms with Crippen molar-refractivity contribution in [1.29, 1.82) is 0 Å². The number of furan rings is 1. The summed E-state index contributed by atoms with van der Waals surface area (Å²) >= 11 is 4.72. The Morgan fingerprint density at radius 3 is 2.62 bits per heavy atom. The van der Waals surface area contributed by atoms with Crippen molar-refractivity contribution in [3.05, 3.63) is 62.5 Å². The molecule has 0 fully saturated rings. The molecule has 0 saturated heterocycles. The van der Waals surface area contributed by atoms with Gasteiger partial charge in [0.1, 0.15) is 22.2 Å². The number of hydrogen-bond donors (Lipinski definition) is 1. The summed E-state index contributed by atoms with van der Waals surface area (Å²) in [6.07, 6.45) is 5.04. The fraction of sp³-hybridized carbons (Fsp3) is 0.304. The molecule has 0 aliphatic carbocycles. The molecule has 1 N–H and O–H groups in total. The summed E-state index contributed by atoms with van der Waals surface area (Å²) in [4.78, 5) is 2.22. The first-order chi connectivity index (χ1) is 15.3. The Balaban J connectivity index is 2.00. The molecule has 1 heterocycles. The summed E-state index contributed by atoms with van der Waals surface area (Å²) in [6.45, 7) is 6.25. The van der Waals surface area contributed by atoms with Crippen molar-refractivity contribution < 1.29 is 17.6 Å². The van der Waals surface area contributed by atoms with Gasteiger partial charge >= 0.3 is 0 Å². The quantitative estimate of drug-likeness (QED) is 0.350. The second kappa shape index (κ2) is 10.8. The molecule has 0 aliphatic heterocycles. The highest BCUT2D eigenvalue weighted by Crippen LogP contribution is 2.32.